The molecular weight excluding hydrogens is 262 g/mol. The molecule has 3 heteroatoms. The van der Waals surface area contributed by atoms with Crippen molar-refractivity contribution in [1.29, 1.82) is 0 Å². The highest BCUT2D eigenvalue weighted by molar-refractivity contribution is 7.99. The van der Waals surface area contributed by atoms with E-state index in [2.05, 4.69) is 31.2 Å². The van der Waals surface area contributed by atoms with Crippen LogP contribution >= 0.6 is 23.4 Å². The summed E-state index contributed by atoms with van der Waals surface area (Å²) < 4.78 is 0. The maximum atomic E-state index is 6.29. The summed E-state index contributed by atoms with van der Waals surface area (Å²) in [6.07, 6.45) is 0. The molecule has 0 amide bonds. The van der Waals surface area contributed by atoms with Gasteiger partial charge in [0.2, 0.25) is 0 Å². The molecular formula is C15H16ClNS. The van der Waals surface area contributed by atoms with Gasteiger partial charge in [0, 0.05) is 15.8 Å². The van der Waals surface area contributed by atoms with Crippen LogP contribution in [-0.4, -0.2) is 0 Å². The largest absolute Gasteiger partial charge is 0.324 e. The molecule has 2 rings (SSSR count). The van der Waals surface area contributed by atoms with E-state index in [4.69, 9.17) is 17.3 Å². The predicted octanol–water partition coefficient (Wildman–Crippen LogP) is 4.82. The van der Waals surface area contributed by atoms with Crippen LogP contribution in [0.4, 0.5) is 0 Å². The summed E-state index contributed by atoms with van der Waals surface area (Å²) in [6, 6.07) is 14.4. The maximum Gasteiger partial charge on any atom is 0.0548 e. The molecule has 0 aliphatic carbocycles. The van der Waals surface area contributed by atoms with Crippen molar-refractivity contribution in [2.45, 2.75) is 29.7 Å². The minimum Gasteiger partial charge on any atom is -0.324 e. The molecule has 0 unspecified atom stereocenters. The first-order valence-corrected chi connectivity index (χ1v) is 7.05. The van der Waals surface area contributed by atoms with E-state index < -0.39 is 0 Å². The maximum absolute atomic E-state index is 6.29. The Hall–Kier alpha value is -0.960. The van der Waals surface area contributed by atoms with E-state index in [0.29, 0.717) is 0 Å². The van der Waals surface area contributed by atoms with E-state index >= 15 is 0 Å². The minimum absolute atomic E-state index is 0.0144. The van der Waals surface area contributed by atoms with Crippen LogP contribution in [0.15, 0.2) is 52.3 Å². The molecule has 94 valence electrons. The van der Waals surface area contributed by atoms with E-state index in [1.807, 2.05) is 25.1 Å². The van der Waals surface area contributed by atoms with Crippen molar-refractivity contribution in [3.63, 3.8) is 0 Å². The molecule has 0 fully saturated rings. The molecule has 2 N–H and O–H groups in total. The van der Waals surface area contributed by atoms with Crippen LogP contribution in [0.3, 0.4) is 0 Å². The van der Waals surface area contributed by atoms with Gasteiger partial charge in [0.15, 0.2) is 0 Å². The molecule has 0 bridgehead atoms. The highest BCUT2D eigenvalue weighted by Crippen LogP contribution is 2.34. The second-order valence-electron chi connectivity index (χ2n) is 4.40. The fraction of sp³-hybridized carbons (Fsp3) is 0.200. The fourth-order valence-corrected chi connectivity index (χ4v) is 2.93. The van der Waals surface area contributed by atoms with Gasteiger partial charge in [-0.2, -0.15) is 0 Å². The third kappa shape index (κ3) is 3.29. The zero-order valence-corrected chi connectivity index (χ0v) is 12.1. The van der Waals surface area contributed by atoms with Crippen LogP contribution in [0, 0.1) is 6.92 Å². The highest BCUT2D eigenvalue weighted by atomic mass is 35.5. The molecule has 0 saturated heterocycles. The van der Waals surface area contributed by atoms with E-state index in [1.54, 1.807) is 11.8 Å². The number of benzene rings is 2. The minimum atomic E-state index is 0.0144. The number of aryl methyl sites for hydroxylation is 1. The third-order valence-electron chi connectivity index (χ3n) is 2.70. The van der Waals surface area contributed by atoms with E-state index in [0.717, 1.165) is 15.5 Å². The fourth-order valence-electron chi connectivity index (χ4n) is 1.69. The molecule has 0 radical (unpaired) electrons. The van der Waals surface area contributed by atoms with Crippen molar-refractivity contribution >= 4 is 23.4 Å². The van der Waals surface area contributed by atoms with Gasteiger partial charge in [-0.15, -0.1) is 0 Å². The van der Waals surface area contributed by atoms with Crippen LogP contribution in [0.25, 0.3) is 0 Å². The van der Waals surface area contributed by atoms with Crippen molar-refractivity contribution in [3.05, 3.63) is 58.6 Å². The normalized spacial score (nSPS) is 12.4. The Labute approximate surface area is 117 Å². The first-order chi connectivity index (χ1) is 8.56. The summed E-state index contributed by atoms with van der Waals surface area (Å²) in [5.41, 5.74) is 8.16. The molecule has 1 nitrogen and oxygen atoms in total. The number of hydrogen-bond donors (Lipinski definition) is 1. The van der Waals surface area contributed by atoms with Gasteiger partial charge in [-0.1, -0.05) is 47.1 Å². The summed E-state index contributed by atoms with van der Waals surface area (Å²) >= 11 is 7.96. The third-order valence-corrected chi connectivity index (χ3v) is 4.19. The molecule has 0 aromatic heterocycles. The molecule has 2 aromatic carbocycles. The Morgan fingerprint density at radius 1 is 1.17 bits per heavy atom. The molecule has 0 heterocycles. The molecule has 0 spiro atoms. The summed E-state index contributed by atoms with van der Waals surface area (Å²) in [6.45, 7) is 4.05. The SMILES string of the molecule is Cc1cccc(Sc2ccc([C@@H](C)N)cc2Cl)c1. The standard InChI is InChI=1S/C15H16ClNS/c1-10-4-3-5-13(8-10)18-15-7-6-12(11(2)17)9-14(15)16/h3-9,11H,17H2,1-2H3/t11-/m1/s1. The Kier molecular flexibility index (Phi) is 4.33. The molecule has 0 aliphatic rings. The van der Waals surface area contributed by atoms with Crippen molar-refractivity contribution in [2.24, 2.45) is 5.73 Å². The first-order valence-electron chi connectivity index (χ1n) is 5.86. The van der Waals surface area contributed by atoms with Crippen molar-refractivity contribution in [2.75, 3.05) is 0 Å². The van der Waals surface area contributed by atoms with Gasteiger partial charge in [-0.3, -0.25) is 0 Å². The van der Waals surface area contributed by atoms with Crippen LogP contribution in [0.2, 0.25) is 5.02 Å². The second-order valence-corrected chi connectivity index (χ2v) is 5.92. The average Bonchev–Trinajstić information content (AvgIpc) is 2.31. The average molecular weight is 278 g/mol. The van der Waals surface area contributed by atoms with Crippen LogP contribution in [-0.2, 0) is 0 Å². The molecule has 18 heavy (non-hydrogen) atoms. The topological polar surface area (TPSA) is 26.0 Å². The molecule has 0 aliphatic heterocycles. The lowest BCUT2D eigenvalue weighted by molar-refractivity contribution is 0.817. The van der Waals surface area contributed by atoms with Gasteiger partial charge in [-0.25, -0.2) is 0 Å². The van der Waals surface area contributed by atoms with Gasteiger partial charge in [0.05, 0.1) is 5.02 Å². The lowest BCUT2D eigenvalue weighted by Crippen LogP contribution is -2.04. The van der Waals surface area contributed by atoms with Gasteiger partial charge in [0.1, 0.15) is 0 Å². The number of nitrogens with two attached hydrogens (primary N) is 1. The highest BCUT2D eigenvalue weighted by Gasteiger charge is 2.06. The van der Waals surface area contributed by atoms with Gasteiger partial charge < -0.3 is 5.73 Å². The molecule has 2 aromatic rings. The number of halogens is 1. The van der Waals surface area contributed by atoms with E-state index in [9.17, 15) is 0 Å². The monoisotopic (exact) mass is 277 g/mol. The lowest BCUT2D eigenvalue weighted by Gasteiger charge is -2.09. The zero-order valence-electron chi connectivity index (χ0n) is 10.5. The second kappa shape index (κ2) is 5.79. The van der Waals surface area contributed by atoms with E-state index in [1.165, 1.54) is 10.5 Å². The van der Waals surface area contributed by atoms with Gasteiger partial charge >= 0.3 is 0 Å². The van der Waals surface area contributed by atoms with Crippen LogP contribution < -0.4 is 5.73 Å². The van der Waals surface area contributed by atoms with Gasteiger partial charge in [-0.05, 0) is 43.7 Å². The van der Waals surface area contributed by atoms with Crippen molar-refractivity contribution < 1.29 is 0 Å². The zero-order chi connectivity index (χ0) is 13.1. The summed E-state index contributed by atoms with van der Waals surface area (Å²) in [5.74, 6) is 0. The lowest BCUT2D eigenvalue weighted by atomic mass is 10.1. The summed E-state index contributed by atoms with van der Waals surface area (Å²) in [7, 11) is 0. The number of rotatable bonds is 3. The van der Waals surface area contributed by atoms with Crippen molar-refractivity contribution in [1.82, 2.24) is 0 Å². The molecule has 1 atom stereocenters. The van der Waals surface area contributed by atoms with Crippen LogP contribution in [0.5, 0.6) is 0 Å². The Bertz CT molecular complexity index is 552. The Balaban J connectivity index is 2.24. The Morgan fingerprint density at radius 2 is 1.94 bits per heavy atom. The smallest absolute Gasteiger partial charge is 0.0548 e. The van der Waals surface area contributed by atoms with Gasteiger partial charge in [0.25, 0.3) is 0 Å². The first kappa shape index (κ1) is 13.5. The number of hydrogen-bond acceptors (Lipinski definition) is 2. The Morgan fingerprint density at radius 3 is 2.56 bits per heavy atom. The predicted molar refractivity (Wildman–Crippen MR) is 79.4 cm³/mol. The van der Waals surface area contributed by atoms with Crippen molar-refractivity contribution in [3.8, 4) is 0 Å². The van der Waals surface area contributed by atoms with E-state index in [-0.39, 0.29) is 6.04 Å². The molecule has 0 saturated carbocycles. The quantitative estimate of drug-likeness (QED) is 0.870. The summed E-state index contributed by atoms with van der Waals surface area (Å²) in [4.78, 5) is 2.26. The summed E-state index contributed by atoms with van der Waals surface area (Å²) in [5, 5.41) is 0.760. The van der Waals surface area contributed by atoms with Crippen LogP contribution in [0.1, 0.15) is 24.1 Å².